The third kappa shape index (κ3) is 25.9. The number of hydrogen-bond donors (Lipinski definition) is 2. The minimum absolute atomic E-state index is 0. The van der Waals surface area contributed by atoms with Gasteiger partial charge in [0.15, 0.2) is 0 Å². The molecule has 0 aromatic heterocycles. The quantitative estimate of drug-likeness (QED) is 0.465. The topological polar surface area (TPSA) is 57.5 Å². The molecule has 0 amide bonds. The average molecular weight is 327 g/mol. The molecule has 0 fully saturated rings. The van der Waals surface area contributed by atoms with Crippen LogP contribution in [0.3, 0.4) is 0 Å². The van der Waals surface area contributed by atoms with Gasteiger partial charge in [-0.2, -0.15) is 0 Å². The molecule has 32 valence electrons. The fourth-order valence-corrected chi connectivity index (χ4v) is 0. The average Bonchev–Trinajstić information content (AvgIpc) is 0.811. The molecule has 0 saturated carbocycles. The Morgan fingerprint density at radius 2 is 1.33 bits per heavy atom. The first-order valence-electron chi connectivity index (χ1n) is 0.651. The van der Waals surface area contributed by atoms with Gasteiger partial charge in [-0.3, -0.25) is 0 Å². The molecular formula is H6BaO3SrTi. The number of hydrogen-bond acceptors (Lipinski definition) is 1. The van der Waals surface area contributed by atoms with Crippen LogP contribution in [0.15, 0.2) is 0 Å². The van der Waals surface area contributed by atoms with Crippen LogP contribution in [0.4, 0.5) is 0 Å². The Bertz CT molecular complexity index is 33.8. The molecule has 0 saturated heterocycles. The summed E-state index contributed by atoms with van der Waals surface area (Å²) in [5.41, 5.74) is 0. The maximum atomic E-state index is 8.81. The van der Waals surface area contributed by atoms with Crippen molar-refractivity contribution in [3.8, 4) is 0 Å². The van der Waals surface area contributed by atoms with Gasteiger partial charge in [-0.15, -0.1) is 0 Å². The summed E-state index contributed by atoms with van der Waals surface area (Å²) in [5, 5.41) is 0. The predicted molar refractivity (Wildman–Crippen MR) is 22.2 cm³/mol. The van der Waals surface area contributed by atoms with E-state index in [2.05, 4.69) is 0 Å². The van der Waals surface area contributed by atoms with Gasteiger partial charge in [0, 0.05) is 0 Å². The zero-order valence-corrected chi connectivity index (χ0v) is 3.36. The molecule has 0 bridgehead atoms. The normalized spacial score (nSPS) is 4.33. The van der Waals surface area contributed by atoms with Crippen LogP contribution in [0, 0.1) is 0 Å². The third-order valence-corrected chi connectivity index (χ3v) is 0. The molecule has 0 aromatic rings. The molecule has 2 N–H and O–H groups in total. The molecule has 0 aliphatic carbocycles. The van der Waals surface area contributed by atoms with Gasteiger partial charge in [-0.05, 0) is 0 Å². The van der Waals surface area contributed by atoms with Crippen molar-refractivity contribution in [3.05, 3.63) is 0 Å². The van der Waals surface area contributed by atoms with E-state index >= 15 is 0 Å². The van der Waals surface area contributed by atoms with Crippen LogP contribution in [0.25, 0.3) is 0 Å². The summed E-state index contributed by atoms with van der Waals surface area (Å²) in [6.45, 7) is 0. The summed E-state index contributed by atoms with van der Waals surface area (Å²) >= 11 is -3.58. The second-order valence-electron chi connectivity index (χ2n) is 0.283. The maximum absolute atomic E-state index is 8.81. The van der Waals surface area contributed by atoms with Crippen molar-refractivity contribution in [2.24, 2.45) is 0 Å². The van der Waals surface area contributed by atoms with Crippen LogP contribution in [0.1, 0.15) is 0 Å². The van der Waals surface area contributed by atoms with Crippen molar-refractivity contribution in [2.45, 2.75) is 0 Å². The van der Waals surface area contributed by atoms with E-state index in [1.165, 1.54) is 0 Å². The van der Waals surface area contributed by atoms with E-state index in [-0.39, 0.29) is 94.4 Å². The van der Waals surface area contributed by atoms with Crippen molar-refractivity contribution < 1.29 is 29.3 Å². The summed E-state index contributed by atoms with van der Waals surface area (Å²) in [7, 11) is 0. The van der Waals surface area contributed by atoms with Gasteiger partial charge in [-0.25, -0.2) is 0 Å². The van der Waals surface area contributed by atoms with Crippen LogP contribution >= 0.6 is 0 Å². The van der Waals surface area contributed by atoms with Crippen molar-refractivity contribution in [3.63, 3.8) is 0 Å². The fourth-order valence-electron chi connectivity index (χ4n) is 0. The first kappa shape index (κ1) is 16.2. The number of rotatable bonds is 0. The van der Waals surface area contributed by atoms with Gasteiger partial charge in [0.1, 0.15) is 0 Å². The Labute approximate surface area is 120 Å². The summed E-state index contributed by atoms with van der Waals surface area (Å²) in [6.07, 6.45) is 0. The summed E-state index contributed by atoms with van der Waals surface area (Å²) in [6, 6.07) is 0. The molecule has 0 heterocycles. The second-order valence-corrected chi connectivity index (χ2v) is 1.17. The van der Waals surface area contributed by atoms with Crippen LogP contribution in [0.5, 0.6) is 0 Å². The van der Waals surface area contributed by atoms with Gasteiger partial charge in [0.2, 0.25) is 0 Å². The van der Waals surface area contributed by atoms with E-state index in [9.17, 15) is 0 Å². The van der Waals surface area contributed by atoms with Gasteiger partial charge in [0.25, 0.3) is 0 Å². The molecule has 3 nitrogen and oxygen atoms in total. The molecule has 6 heavy (non-hydrogen) atoms. The van der Waals surface area contributed by atoms with Crippen LogP contribution < -0.4 is 0 Å². The molecule has 0 aliphatic rings. The SMILES string of the molecule is [BaH2].[O]=[Ti]([OH])[OH].[SrH2]. The van der Waals surface area contributed by atoms with Gasteiger partial charge in [-0.1, -0.05) is 0 Å². The van der Waals surface area contributed by atoms with E-state index in [0.29, 0.717) is 0 Å². The van der Waals surface area contributed by atoms with E-state index in [1.807, 2.05) is 0 Å². The first-order valence-corrected chi connectivity index (χ1v) is 2.69. The zero-order valence-electron chi connectivity index (χ0n) is 1.80. The Balaban J connectivity index is -0.0000000450. The summed E-state index contributed by atoms with van der Waals surface area (Å²) in [4.78, 5) is 0. The van der Waals surface area contributed by atoms with E-state index < -0.39 is 18.6 Å². The molecular weight excluding hydrogens is 321 g/mol. The summed E-state index contributed by atoms with van der Waals surface area (Å²) in [5.74, 6) is 0. The Hall–Kier alpha value is 3.49. The zero-order chi connectivity index (χ0) is 3.58. The molecule has 0 radical (unpaired) electrons. The first-order chi connectivity index (χ1) is 1.73. The third-order valence-electron chi connectivity index (χ3n) is 0. The van der Waals surface area contributed by atoms with E-state index in [4.69, 9.17) is 10.7 Å². The molecule has 0 unspecified atom stereocenters. The monoisotopic (exact) mass is 328 g/mol. The second kappa shape index (κ2) is 11.3. The predicted octanol–water partition coefficient (Wildman–Crippen LogP) is -3.07. The van der Waals surface area contributed by atoms with E-state index in [1.54, 1.807) is 0 Å². The Morgan fingerprint density at radius 3 is 1.33 bits per heavy atom. The summed E-state index contributed by atoms with van der Waals surface area (Å²) < 4.78 is 23.2. The molecule has 6 heteroatoms. The molecule has 0 aliphatic heterocycles. The van der Waals surface area contributed by atoms with Gasteiger partial charge >= 0.3 is 124 Å². The fraction of sp³-hybridized carbons (Fsp3) is 0. The van der Waals surface area contributed by atoms with E-state index in [0.717, 1.165) is 0 Å². The molecule has 0 spiro atoms. The van der Waals surface area contributed by atoms with Crippen LogP contribution in [-0.2, 0) is 21.9 Å². The Morgan fingerprint density at radius 1 is 1.33 bits per heavy atom. The van der Waals surface area contributed by atoms with Crippen LogP contribution in [0.2, 0.25) is 0 Å². The Kier molecular flexibility index (Phi) is 30.6. The minimum atomic E-state index is -3.58. The standard InChI is InChI=1S/Ba.2H2O.O.Sr.Ti.4H/h;2*1H2;;;;;;;/q;;;;;+2;;;;/p-2. The van der Waals surface area contributed by atoms with Crippen LogP contribution in [-0.4, -0.2) is 102 Å². The molecule has 0 aromatic carbocycles. The van der Waals surface area contributed by atoms with Crippen molar-refractivity contribution in [1.29, 1.82) is 0 Å². The van der Waals surface area contributed by atoms with Gasteiger partial charge < -0.3 is 0 Å². The van der Waals surface area contributed by atoms with Gasteiger partial charge in [0.05, 0.1) is 0 Å². The van der Waals surface area contributed by atoms with Crippen molar-refractivity contribution in [1.82, 2.24) is 0 Å². The van der Waals surface area contributed by atoms with Crippen molar-refractivity contribution in [2.75, 3.05) is 0 Å². The molecule has 0 atom stereocenters. The van der Waals surface area contributed by atoms with Crippen molar-refractivity contribution >= 4 is 94.4 Å². The molecule has 0 rings (SSSR count).